The van der Waals surface area contributed by atoms with E-state index in [9.17, 15) is 24.0 Å². The molecule has 0 aromatic carbocycles. The van der Waals surface area contributed by atoms with Crippen molar-refractivity contribution in [3.63, 3.8) is 0 Å². The zero-order chi connectivity index (χ0) is 20.0. The second-order valence-electron chi connectivity index (χ2n) is 5.28. The molecule has 0 aromatic heterocycles. The smallest absolute Gasteiger partial charge is 0.350 e. The number of carbonyl (C=O) groups is 5. The van der Waals surface area contributed by atoms with Crippen molar-refractivity contribution < 1.29 is 52.4 Å². The minimum absolute atomic E-state index is 0.781. The Bertz CT molecular complexity index is 584. The van der Waals surface area contributed by atoms with Crippen LogP contribution in [0.5, 0.6) is 0 Å². The zero-order valence-electron chi connectivity index (χ0n) is 14.9. The largest absolute Gasteiger partial charge is 0.466 e. The average molecular weight is 376 g/mol. The van der Waals surface area contributed by atoms with Crippen LogP contribution < -0.4 is 0 Å². The van der Waals surface area contributed by atoms with E-state index < -0.39 is 60.6 Å². The molecule has 146 valence electrons. The molecular weight excluding hydrogens is 356 g/mol. The molecule has 1 aliphatic rings. The normalized spacial score (nSPS) is 25.6. The quantitative estimate of drug-likeness (QED) is 0.426. The molecular formula is C15H20O11. The van der Waals surface area contributed by atoms with Crippen LogP contribution in [0.2, 0.25) is 0 Å². The van der Waals surface area contributed by atoms with Crippen LogP contribution in [0.3, 0.4) is 0 Å². The van der Waals surface area contributed by atoms with Gasteiger partial charge in [-0.2, -0.15) is 0 Å². The van der Waals surface area contributed by atoms with E-state index in [4.69, 9.17) is 23.7 Å². The summed E-state index contributed by atoms with van der Waals surface area (Å²) < 4.78 is 29.9. The molecule has 0 N–H and O–H groups in total. The van der Waals surface area contributed by atoms with E-state index >= 15 is 0 Å². The highest BCUT2D eigenvalue weighted by Crippen LogP contribution is 2.31. The van der Waals surface area contributed by atoms with Gasteiger partial charge in [0.25, 0.3) is 0 Å². The van der Waals surface area contributed by atoms with Crippen molar-refractivity contribution >= 4 is 29.8 Å². The fourth-order valence-electron chi connectivity index (χ4n) is 2.34. The summed E-state index contributed by atoms with van der Waals surface area (Å²) in [4.78, 5) is 57.4. The third-order valence-corrected chi connectivity index (χ3v) is 3.12. The Kier molecular flexibility index (Phi) is 7.50. The fraction of sp³-hybridized carbons (Fsp3) is 0.667. The molecule has 1 aliphatic heterocycles. The van der Waals surface area contributed by atoms with Crippen LogP contribution in [0.15, 0.2) is 0 Å². The van der Waals surface area contributed by atoms with Gasteiger partial charge in [0, 0.05) is 27.7 Å². The molecule has 1 rings (SSSR count). The molecule has 0 unspecified atom stereocenters. The third-order valence-electron chi connectivity index (χ3n) is 3.12. The van der Waals surface area contributed by atoms with Gasteiger partial charge in [0.05, 0.1) is 7.11 Å². The van der Waals surface area contributed by atoms with Gasteiger partial charge < -0.3 is 28.4 Å². The van der Waals surface area contributed by atoms with E-state index in [-0.39, 0.29) is 0 Å². The first-order valence-corrected chi connectivity index (χ1v) is 7.49. The Morgan fingerprint density at radius 2 is 1.27 bits per heavy atom. The van der Waals surface area contributed by atoms with Gasteiger partial charge in [-0.1, -0.05) is 0 Å². The van der Waals surface area contributed by atoms with Gasteiger partial charge >= 0.3 is 29.8 Å². The number of hydrogen-bond acceptors (Lipinski definition) is 11. The molecule has 1 fully saturated rings. The first-order chi connectivity index (χ1) is 12.1. The Balaban J connectivity index is 3.28. The van der Waals surface area contributed by atoms with Gasteiger partial charge in [-0.25, -0.2) is 4.79 Å². The summed E-state index contributed by atoms with van der Waals surface area (Å²) >= 11 is 0. The topological polar surface area (TPSA) is 141 Å². The lowest BCUT2D eigenvalue weighted by molar-refractivity contribution is -0.204. The molecule has 1 saturated heterocycles. The zero-order valence-corrected chi connectivity index (χ0v) is 14.9. The number of carbonyl (C=O) groups excluding carboxylic acids is 5. The maximum absolute atomic E-state index is 12.0. The van der Waals surface area contributed by atoms with Gasteiger partial charge in [0.2, 0.25) is 18.5 Å². The predicted molar refractivity (Wildman–Crippen MR) is 79.1 cm³/mol. The van der Waals surface area contributed by atoms with Crippen molar-refractivity contribution in [2.75, 3.05) is 7.11 Å². The Morgan fingerprint density at radius 1 is 0.769 bits per heavy atom. The van der Waals surface area contributed by atoms with E-state index in [0.717, 1.165) is 34.8 Å². The number of methoxy groups -OCH3 is 1. The number of esters is 5. The van der Waals surface area contributed by atoms with Gasteiger partial charge in [0.15, 0.2) is 12.2 Å². The van der Waals surface area contributed by atoms with Crippen LogP contribution >= 0.6 is 0 Å². The maximum Gasteiger partial charge on any atom is 0.350 e. The van der Waals surface area contributed by atoms with Crippen molar-refractivity contribution in [1.82, 2.24) is 0 Å². The van der Waals surface area contributed by atoms with E-state index in [1.54, 1.807) is 0 Å². The summed E-state index contributed by atoms with van der Waals surface area (Å²) in [7, 11) is 1.04. The van der Waals surface area contributed by atoms with Crippen LogP contribution in [0.1, 0.15) is 27.7 Å². The van der Waals surface area contributed by atoms with E-state index in [1.807, 2.05) is 0 Å². The van der Waals surface area contributed by atoms with Crippen molar-refractivity contribution in [1.29, 1.82) is 0 Å². The maximum atomic E-state index is 12.0. The number of ether oxygens (including phenoxy) is 6. The Hall–Kier alpha value is -2.69. The van der Waals surface area contributed by atoms with Crippen molar-refractivity contribution in [2.24, 2.45) is 0 Å². The Labute approximate surface area is 148 Å². The fourth-order valence-corrected chi connectivity index (χ4v) is 2.34. The van der Waals surface area contributed by atoms with Crippen LogP contribution in [-0.4, -0.2) is 67.7 Å². The lowest BCUT2D eigenvalue weighted by Gasteiger charge is -2.26. The number of rotatable bonds is 6. The Morgan fingerprint density at radius 3 is 1.69 bits per heavy atom. The summed E-state index contributed by atoms with van der Waals surface area (Å²) in [6.45, 7) is 4.26. The van der Waals surface area contributed by atoms with Gasteiger partial charge in [-0.15, -0.1) is 0 Å². The average Bonchev–Trinajstić information content (AvgIpc) is 2.80. The molecule has 0 spiro atoms. The lowest BCUT2D eigenvalue weighted by Crippen LogP contribution is -2.48. The molecule has 11 heteroatoms. The SMILES string of the molecule is COC(=O)[C@@H](OC(C)=O)[C@H]1O[C@H](OC(C)=O)[C@@H](OC(C)=O)[C@@H]1OC(C)=O. The molecule has 26 heavy (non-hydrogen) atoms. The molecule has 1 heterocycles. The monoisotopic (exact) mass is 376 g/mol. The highest BCUT2D eigenvalue weighted by molar-refractivity contribution is 5.79. The lowest BCUT2D eigenvalue weighted by atomic mass is 10.1. The summed E-state index contributed by atoms with van der Waals surface area (Å²) in [5, 5.41) is 0. The highest BCUT2D eigenvalue weighted by atomic mass is 16.8. The van der Waals surface area contributed by atoms with Gasteiger partial charge in [0.1, 0.15) is 0 Å². The summed E-state index contributed by atoms with van der Waals surface area (Å²) in [6, 6.07) is 0. The summed E-state index contributed by atoms with van der Waals surface area (Å²) in [5.41, 5.74) is 0. The molecule has 0 radical (unpaired) electrons. The van der Waals surface area contributed by atoms with E-state index in [1.165, 1.54) is 0 Å². The minimum Gasteiger partial charge on any atom is -0.466 e. The van der Waals surface area contributed by atoms with E-state index in [2.05, 4.69) is 4.74 Å². The molecule has 0 saturated carbocycles. The van der Waals surface area contributed by atoms with Crippen molar-refractivity contribution in [3.05, 3.63) is 0 Å². The first-order valence-electron chi connectivity index (χ1n) is 7.49. The van der Waals surface area contributed by atoms with Crippen molar-refractivity contribution in [3.8, 4) is 0 Å². The molecule has 11 nitrogen and oxygen atoms in total. The van der Waals surface area contributed by atoms with Crippen LogP contribution in [0.4, 0.5) is 0 Å². The second kappa shape index (κ2) is 9.13. The summed E-state index contributed by atoms with van der Waals surface area (Å²) in [6.07, 6.45) is -7.37. The van der Waals surface area contributed by atoms with Crippen LogP contribution in [0.25, 0.3) is 0 Å². The minimum atomic E-state index is -1.65. The van der Waals surface area contributed by atoms with E-state index in [0.29, 0.717) is 0 Å². The molecule has 0 amide bonds. The summed E-state index contributed by atoms with van der Waals surface area (Å²) in [5.74, 6) is -4.21. The third kappa shape index (κ3) is 5.69. The number of hydrogen-bond donors (Lipinski definition) is 0. The van der Waals surface area contributed by atoms with Crippen molar-refractivity contribution in [2.45, 2.75) is 58.4 Å². The molecule has 0 aromatic rings. The molecule has 0 aliphatic carbocycles. The highest BCUT2D eigenvalue weighted by Gasteiger charge is 2.56. The van der Waals surface area contributed by atoms with Crippen LogP contribution in [0, 0.1) is 0 Å². The van der Waals surface area contributed by atoms with Gasteiger partial charge in [-0.05, 0) is 0 Å². The second-order valence-corrected chi connectivity index (χ2v) is 5.28. The molecule has 5 atom stereocenters. The van der Waals surface area contributed by atoms with Crippen LogP contribution in [-0.2, 0) is 52.4 Å². The predicted octanol–water partition coefficient (Wildman–Crippen LogP) is -0.757. The molecule has 0 bridgehead atoms. The first kappa shape index (κ1) is 21.4. The standard InChI is InChI=1S/C15H20O11/c1-6(16)22-11-10(12(14(20)21-5)23-7(2)17)26-15(25-9(4)19)13(11)24-8(3)18/h10-13,15H,1-5H3/t10-,11+,12-,13-,15-/m0/s1. The van der Waals surface area contributed by atoms with Gasteiger partial charge in [-0.3, -0.25) is 19.2 Å².